The smallest absolute Gasteiger partial charge is 0.172 e. The second-order valence-electron chi connectivity index (χ2n) is 4.13. The van der Waals surface area contributed by atoms with Crippen LogP contribution in [0.3, 0.4) is 0 Å². The number of thioether (sulfide) groups is 1. The first-order valence-electron chi connectivity index (χ1n) is 5.45. The van der Waals surface area contributed by atoms with Gasteiger partial charge in [0.1, 0.15) is 0 Å². The minimum Gasteiger partial charge on any atom is -0.409 e. The van der Waals surface area contributed by atoms with Crippen LogP contribution in [0.15, 0.2) is 32.7 Å². The van der Waals surface area contributed by atoms with Crippen molar-refractivity contribution in [2.45, 2.75) is 25.2 Å². The SMILES string of the molecule is CC(C)CCSc1cccc(Br)c1/C(N)=N/O. The maximum atomic E-state index is 8.78. The summed E-state index contributed by atoms with van der Waals surface area (Å²) in [6, 6.07) is 5.83. The van der Waals surface area contributed by atoms with Gasteiger partial charge in [0.15, 0.2) is 5.84 Å². The van der Waals surface area contributed by atoms with Crippen LogP contribution in [0.2, 0.25) is 0 Å². The summed E-state index contributed by atoms with van der Waals surface area (Å²) in [6.45, 7) is 4.40. The molecular weight excluding hydrogens is 300 g/mol. The molecule has 0 spiro atoms. The quantitative estimate of drug-likeness (QED) is 0.286. The average molecular weight is 317 g/mol. The van der Waals surface area contributed by atoms with E-state index in [4.69, 9.17) is 10.9 Å². The van der Waals surface area contributed by atoms with E-state index in [2.05, 4.69) is 34.9 Å². The van der Waals surface area contributed by atoms with E-state index in [0.717, 1.165) is 27.1 Å². The Morgan fingerprint density at radius 3 is 2.82 bits per heavy atom. The summed E-state index contributed by atoms with van der Waals surface area (Å²) in [5.74, 6) is 1.85. The van der Waals surface area contributed by atoms with Gasteiger partial charge in [-0.05, 0) is 46.2 Å². The highest BCUT2D eigenvalue weighted by molar-refractivity contribution is 9.10. The van der Waals surface area contributed by atoms with E-state index >= 15 is 0 Å². The zero-order valence-corrected chi connectivity index (χ0v) is 12.4. The minimum atomic E-state index is 0.143. The lowest BCUT2D eigenvalue weighted by atomic mass is 10.2. The molecule has 0 aliphatic carbocycles. The molecule has 0 amide bonds. The minimum absolute atomic E-state index is 0.143. The second kappa shape index (κ2) is 6.91. The van der Waals surface area contributed by atoms with Crippen molar-refractivity contribution in [2.24, 2.45) is 16.8 Å². The van der Waals surface area contributed by atoms with Crippen molar-refractivity contribution in [1.82, 2.24) is 0 Å². The second-order valence-corrected chi connectivity index (χ2v) is 6.12. The van der Waals surface area contributed by atoms with E-state index < -0.39 is 0 Å². The van der Waals surface area contributed by atoms with Crippen LogP contribution in [-0.4, -0.2) is 16.8 Å². The maximum absolute atomic E-state index is 8.78. The van der Waals surface area contributed by atoms with Gasteiger partial charge < -0.3 is 10.9 Å². The predicted octanol–water partition coefficient (Wildman–Crippen LogP) is 3.68. The average Bonchev–Trinajstić information content (AvgIpc) is 2.28. The van der Waals surface area contributed by atoms with Crippen molar-refractivity contribution in [3.63, 3.8) is 0 Å². The molecule has 17 heavy (non-hydrogen) atoms. The lowest BCUT2D eigenvalue weighted by Gasteiger charge is -2.10. The number of halogens is 1. The number of rotatable bonds is 5. The molecule has 3 nitrogen and oxygen atoms in total. The molecule has 94 valence electrons. The predicted molar refractivity (Wildman–Crippen MR) is 76.8 cm³/mol. The van der Waals surface area contributed by atoms with E-state index in [1.165, 1.54) is 0 Å². The summed E-state index contributed by atoms with van der Waals surface area (Å²) >= 11 is 5.16. The molecule has 0 bridgehead atoms. The van der Waals surface area contributed by atoms with Gasteiger partial charge in [0, 0.05) is 14.9 Å². The van der Waals surface area contributed by atoms with Crippen LogP contribution in [0.4, 0.5) is 0 Å². The Morgan fingerprint density at radius 2 is 2.24 bits per heavy atom. The molecule has 1 rings (SSSR count). The molecule has 0 atom stereocenters. The molecule has 1 aromatic rings. The Morgan fingerprint density at radius 1 is 1.53 bits per heavy atom. The van der Waals surface area contributed by atoms with Crippen LogP contribution >= 0.6 is 27.7 Å². The fraction of sp³-hybridized carbons (Fsp3) is 0.417. The number of hydrogen-bond donors (Lipinski definition) is 2. The summed E-state index contributed by atoms with van der Waals surface area (Å²) in [6.07, 6.45) is 1.15. The summed E-state index contributed by atoms with van der Waals surface area (Å²) in [5.41, 5.74) is 6.45. The van der Waals surface area contributed by atoms with Crippen LogP contribution in [0, 0.1) is 5.92 Å². The third-order valence-corrected chi connectivity index (χ3v) is 4.04. The standard InChI is InChI=1S/C12H17BrN2OS/c1-8(2)6-7-17-10-5-3-4-9(13)11(10)12(14)15-16/h3-5,8,16H,6-7H2,1-2H3,(H2,14,15). The van der Waals surface area contributed by atoms with Gasteiger partial charge in [-0.25, -0.2) is 0 Å². The molecule has 0 saturated carbocycles. The molecule has 0 heterocycles. The Balaban J connectivity index is 2.88. The number of nitrogens with two attached hydrogens (primary N) is 1. The van der Waals surface area contributed by atoms with Crippen LogP contribution in [0.25, 0.3) is 0 Å². The zero-order valence-electron chi connectivity index (χ0n) is 9.98. The first-order valence-corrected chi connectivity index (χ1v) is 7.23. The van der Waals surface area contributed by atoms with E-state index in [0.29, 0.717) is 5.92 Å². The van der Waals surface area contributed by atoms with Gasteiger partial charge >= 0.3 is 0 Å². The monoisotopic (exact) mass is 316 g/mol. The molecule has 3 N–H and O–H groups in total. The van der Waals surface area contributed by atoms with Crippen LogP contribution in [0.1, 0.15) is 25.8 Å². The first-order chi connectivity index (χ1) is 8.06. The molecule has 5 heteroatoms. The fourth-order valence-electron chi connectivity index (χ4n) is 1.33. The Bertz CT molecular complexity index is 407. The van der Waals surface area contributed by atoms with Gasteiger partial charge in [-0.1, -0.05) is 25.1 Å². The molecular formula is C12H17BrN2OS. The maximum Gasteiger partial charge on any atom is 0.172 e. The largest absolute Gasteiger partial charge is 0.409 e. The lowest BCUT2D eigenvalue weighted by Crippen LogP contribution is -2.15. The number of benzene rings is 1. The Hall–Kier alpha value is -0.680. The van der Waals surface area contributed by atoms with Crippen molar-refractivity contribution >= 4 is 33.5 Å². The number of hydrogen-bond acceptors (Lipinski definition) is 3. The third kappa shape index (κ3) is 4.24. The molecule has 0 saturated heterocycles. The van der Waals surface area contributed by atoms with Crippen molar-refractivity contribution < 1.29 is 5.21 Å². The van der Waals surface area contributed by atoms with Crippen LogP contribution < -0.4 is 5.73 Å². The van der Waals surface area contributed by atoms with Crippen LogP contribution in [-0.2, 0) is 0 Å². The molecule has 1 aromatic carbocycles. The summed E-state index contributed by atoms with van der Waals surface area (Å²) in [7, 11) is 0. The highest BCUT2D eigenvalue weighted by Gasteiger charge is 2.11. The first kappa shape index (κ1) is 14.4. The number of amidine groups is 1. The highest BCUT2D eigenvalue weighted by atomic mass is 79.9. The molecule has 0 aliphatic rings. The van der Waals surface area contributed by atoms with Gasteiger partial charge in [0.25, 0.3) is 0 Å². The van der Waals surface area contributed by atoms with Gasteiger partial charge in [-0.15, -0.1) is 11.8 Å². The van der Waals surface area contributed by atoms with Crippen LogP contribution in [0.5, 0.6) is 0 Å². The van der Waals surface area contributed by atoms with Crippen molar-refractivity contribution in [1.29, 1.82) is 0 Å². The Kier molecular flexibility index (Phi) is 5.85. The zero-order chi connectivity index (χ0) is 12.8. The van der Waals surface area contributed by atoms with Crippen molar-refractivity contribution in [2.75, 3.05) is 5.75 Å². The molecule has 0 unspecified atom stereocenters. The molecule has 0 aliphatic heterocycles. The normalized spacial score (nSPS) is 12.1. The summed E-state index contributed by atoms with van der Waals surface area (Å²) in [4.78, 5) is 1.04. The lowest BCUT2D eigenvalue weighted by molar-refractivity contribution is 0.318. The topological polar surface area (TPSA) is 58.6 Å². The van der Waals surface area contributed by atoms with Gasteiger partial charge in [-0.3, -0.25) is 0 Å². The highest BCUT2D eigenvalue weighted by Crippen LogP contribution is 2.29. The summed E-state index contributed by atoms with van der Waals surface area (Å²) < 4.78 is 0.849. The number of nitrogens with zero attached hydrogens (tertiary/aromatic N) is 1. The van der Waals surface area contributed by atoms with E-state index in [-0.39, 0.29) is 5.84 Å². The number of oxime groups is 1. The van der Waals surface area contributed by atoms with Gasteiger partial charge in [0.2, 0.25) is 0 Å². The van der Waals surface area contributed by atoms with Gasteiger partial charge in [0.05, 0.1) is 0 Å². The molecule has 0 aromatic heterocycles. The van der Waals surface area contributed by atoms with E-state index in [9.17, 15) is 0 Å². The third-order valence-electron chi connectivity index (χ3n) is 2.29. The van der Waals surface area contributed by atoms with Gasteiger partial charge in [-0.2, -0.15) is 0 Å². The molecule has 0 radical (unpaired) electrons. The van der Waals surface area contributed by atoms with E-state index in [1.54, 1.807) is 11.8 Å². The Labute approximate surface area is 115 Å². The molecule has 0 fully saturated rings. The van der Waals surface area contributed by atoms with Crippen molar-refractivity contribution in [3.05, 3.63) is 28.2 Å². The van der Waals surface area contributed by atoms with E-state index in [1.807, 2.05) is 18.2 Å². The fourth-order valence-corrected chi connectivity index (χ4v) is 3.37. The van der Waals surface area contributed by atoms with Crippen molar-refractivity contribution in [3.8, 4) is 0 Å². The summed E-state index contributed by atoms with van der Waals surface area (Å²) in [5, 5.41) is 11.9.